The van der Waals surface area contributed by atoms with E-state index in [4.69, 9.17) is 11.6 Å². The van der Waals surface area contributed by atoms with Crippen LogP contribution in [-0.4, -0.2) is 23.2 Å². The topological polar surface area (TPSA) is 77.3 Å². The van der Waals surface area contributed by atoms with Gasteiger partial charge in [-0.3, -0.25) is 4.98 Å². The molecule has 0 saturated heterocycles. The van der Waals surface area contributed by atoms with E-state index in [1.807, 2.05) is 24.3 Å². The third kappa shape index (κ3) is 6.76. The summed E-state index contributed by atoms with van der Waals surface area (Å²) >= 11 is 5.98. The van der Waals surface area contributed by atoms with Crippen molar-refractivity contribution >= 4 is 40.6 Å². The molecule has 24 heavy (non-hydrogen) atoms. The standard InChI is InChI=1S/C16H20ClN3O3.ClH/c17-13-6-7-14-15(8-10-19-16(14)12-13)18-9-4-2-1-3-5-11-23-20(21)22;/h6-8,10,12H,1-5,9,11H2,(H,18,19);1H. The molecular weight excluding hydrogens is 353 g/mol. The number of halogens is 2. The van der Waals surface area contributed by atoms with Gasteiger partial charge in [0.15, 0.2) is 0 Å². The van der Waals surface area contributed by atoms with Gasteiger partial charge in [-0.2, -0.15) is 0 Å². The van der Waals surface area contributed by atoms with Crippen LogP contribution in [0.4, 0.5) is 5.69 Å². The summed E-state index contributed by atoms with van der Waals surface area (Å²) in [5.41, 5.74) is 1.94. The second kappa shape index (κ2) is 10.9. The zero-order valence-corrected chi connectivity index (χ0v) is 14.8. The van der Waals surface area contributed by atoms with Crippen LogP contribution in [0, 0.1) is 10.1 Å². The molecule has 0 unspecified atom stereocenters. The molecule has 8 heteroatoms. The summed E-state index contributed by atoms with van der Waals surface area (Å²) in [5.74, 6) is 0. The van der Waals surface area contributed by atoms with Gasteiger partial charge in [0, 0.05) is 28.8 Å². The smallest absolute Gasteiger partial charge is 0.294 e. The summed E-state index contributed by atoms with van der Waals surface area (Å²) < 4.78 is 0. The van der Waals surface area contributed by atoms with Gasteiger partial charge in [-0.25, -0.2) is 0 Å². The first kappa shape index (κ1) is 20.3. The van der Waals surface area contributed by atoms with Gasteiger partial charge in [0.25, 0.3) is 5.09 Å². The van der Waals surface area contributed by atoms with Gasteiger partial charge in [-0.1, -0.05) is 30.9 Å². The minimum Gasteiger partial charge on any atom is -0.384 e. The predicted octanol–water partition coefficient (Wildman–Crippen LogP) is 4.88. The lowest BCUT2D eigenvalue weighted by atomic mass is 10.1. The fourth-order valence-electron chi connectivity index (χ4n) is 2.39. The molecule has 0 spiro atoms. The van der Waals surface area contributed by atoms with Crippen molar-refractivity contribution in [3.05, 3.63) is 45.6 Å². The molecule has 0 aliphatic heterocycles. The quantitative estimate of drug-likeness (QED) is 0.364. The first-order valence-electron chi connectivity index (χ1n) is 7.72. The summed E-state index contributed by atoms with van der Waals surface area (Å²) in [4.78, 5) is 18.6. The van der Waals surface area contributed by atoms with E-state index in [0.717, 1.165) is 55.2 Å². The Morgan fingerprint density at radius 2 is 1.92 bits per heavy atom. The Kier molecular flexibility index (Phi) is 9.19. The van der Waals surface area contributed by atoms with Crippen LogP contribution in [0.5, 0.6) is 0 Å². The summed E-state index contributed by atoms with van der Waals surface area (Å²) in [5, 5.41) is 14.4. The van der Waals surface area contributed by atoms with Crippen molar-refractivity contribution in [2.45, 2.75) is 32.1 Å². The van der Waals surface area contributed by atoms with E-state index in [9.17, 15) is 10.1 Å². The minimum absolute atomic E-state index is 0. The van der Waals surface area contributed by atoms with Gasteiger partial charge >= 0.3 is 0 Å². The second-order valence-electron chi connectivity index (χ2n) is 5.27. The second-order valence-corrected chi connectivity index (χ2v) is 5.71. The summed E-state index contributed by atoms with van der Waals surface area (Å²) in [6.07, 6.45) is 6.63. The predicted molar refractivity (Wildman–Crippen MR) is 98.5 cm³/mol. The average molecular weight is 374 g/mol. The first-order valence-corrected chi connectivity index (χ1v) is 8.10. The van der Waals surface area contributed by atoms with Crippen molar-refractivity contribution in [1.29, 1.82) is 0 Å². The number of anilines is 1. The maximum atomic E-state index is 9.98. The Morgan fingerprint density at radius 3 is 2.71 bits per heavy atom. The lowest BCUT2D eigenvalue weighted by Gasteiger charge is -2.09. The number of unbranched alkanes of at least 4 members (excludes halogenated alkanes) is 4. The van der Waals surface area contributed by atoms with Crippen LogP contribution in [0.15, 0.2) is 30.5 Å². The van der Waals surface area contributed by atoms with E-state index < -0.39 is 5.09 Å². The molecule has 0 aliphatic carbocycles. The molecule has 1 heterocycles. The van der Waals surface area contributed by atoms with Gasteiger partial charge in [-0.05, 0) is 37.1 Å². The zero-order chi connectivity index (χ0) is 16.5. The van der Waals surface area contributed by atoms with Crippen LogP contribution in [0.3, 0.4) is 0 Å². The normalized spacial score (nSPS) is 10.2. The molecule has 0 atom stereocenters. The number of aromatic nitrogens is 1. The Balaban J connectivity index is 0.00000288. The molecular formula is C16H21Cl2N3O3. The Labute approximate surface area is 152 Å². The lowest BCUT2D eigenvalue weighted by Crippen LogP contribution is -2.03. The first-order chi connectivity index (χ1) is 11.2. The highest BCUT2D eigenvalue weighted by Crippen LogP contribution is 2.24. The van der Waals surface area contributed by atoms with Gasteiger partial charge < -0.3 is 10.2 Å². The van der Waals surface area contributed by atoms with Crippen molar-refractivity contribution in [1.82, 2.24) is 4.98 Å². The van der Waals surface area contributed by atoms with Gasteiger partial charge in [0.2, 0.25) is 0 Å². The SMILES string of the molecule is Cl.O=[N+]([O-])OCCCCCCCNc1ccnc2cc(Cl)ccc12. The maximum absolute atomic E-state index is 9.98. The zero-order valence-electron chi connectivity index (χ0n) is 13.2. The maximum Gasteiger partial charge on any atom is 0.294 e. The number of fused-ring (bicyclic) bond motifs is 1. The van der Waals surface area contributed by atoms with Crippen molar-refractivity contribution in [3.63, 3.8) is 0 Å². The van der Waals surface area contributed by atoms with E-state index in [1.54, 1.807) is 6.20 Å². The minimum atomic E-state index is -0.740. The van der Waals surface area contributed by atoms with Crippen LogP contribution in [-0.2, 0) is 4.84 Å². The van der Waals surface area contributed by atoms with E-state index in [2.05, 4.69) is 15.1 Å². The van der Waals surface area contributed by atoms with Gasteiger partial charge in [0.05, 0.1) is 12.1 Å². The van der Waals surface area contributed by atoms with E-state index in [0.29, 0.717) is 5.02 Å². The third-order valence-electron chi connectivity index (χ3n) is 3.54. The molecule has 1 N–H and O–H groups in total. The summed E-state index contributed by atoms with van der Waals surface area (Å²) in [6.45, 7) is 1.07. The average Bonchev–Trinajstić information content (AvgIpc) is 2.52. The largest absolute Gasteiger partial charge is 0.384 e. The number of nitrogens with zero attached hydrogens (tertiary/aromatic N) is 2. The summed E-state index contributed by atoms with van der Waals surface area (Å²) in [7, 11) is 0. The Bertz CT molecular complexity index is 656. The molecule has 0 radical (unpaired) electrons. The number of hydrogen-bond acceptors (Lipinski definition) is 5. The molecule has 6 nitrogen and oxygen atoms in total. The monoisotopic (exact) mass is 373 g/mol. The van der Waals surface area contributed by atoms with Crippen LogP contribution in [0.25, 0.3) is 10.9 Å². The van der Waals surface area contributed by atoms with Crippen LogP contribution >= 0.6 is 24.0 Å². The van der Waals surface area contributed by atoms with Crippen LogP contribution in [0.2, 0.25) is 5.02 Å². The van der Waals surface area contributed by atoms with Crippen molar-refractivity contribution in [2.24, 2.45) is 0 Å². The lowest BCUT2D eigenvalue weighted by molar-refractivity contribution is -0.757. The van der Waals surface area contributed by atoms with Crippen LogP contribution < -0.4 is 5.32 Å². The number of nitrogens with one attached hydrogen (secondary N) is 1. The molecule has 132 valence electrons. The summed E-state index contributed by atoms with van der Waals surface area (Å²) in [6, 6.07) is 7.66. The number of hydrogen-bond donors (Lipinski definition) is 1. The molecule has 2 rings (SSSR count). The van der Waals surface area contributed by atoms with Crippen LogP contribution in [0.1, 0.15) is 32.1 Å². The van der Waals surface area contributed by atoms with Crippen molar-refractivity contribution < 1.29 is 9.92 Å². The molecule has 0 amide bonds. The number of benzene rings is 1. The Hall–Kier alpha value is -1.79. The highest BCUT2D eigenvalue weighted by atomic mass is 35.5. The highest BCUT2D eigenvalue weighted by Gasteiger charge is 2.02. The van der Waals surface area contributed by atoms with Crippen molar-refractivity contribution in [3.8, 4) is 0 Å². The van der Waals surface area contributed by atoms with Gasteiger partial charge in [0.1, 0.15) is 0 Å². The van der Waals surface area contributed by atoms with E-state index in [-0.39, 0.29) is 19.0 Å². The molecule has 1 aromatic heterocycles. The highest BCUT2D eigenvalue weighted by molar-refractivity contribution is 6.31. The van der Waals surface area contributed by atoms with E-state index >= 15 is 0 Å². The fourth-order valence-corrected chi connectivity index (χ4v) is 2.56. The molecule has 0 aliphatic rings. The fraction of sp³-hybridized carbons (Fsp3) is 0.438. The molecule has 0 fully saturated rings. The third-order valence-corrected chi connectivity index (χ3v) is 3.77. The Morgan fingerprint density at radius 1 is 1.17 bits per heavy atom. The molecule has 0 bridgehead atoms. The van der Waals surface area contributed by atoms with E-state index in [1.165, 1.54) is 0 Å². The number of pyridine rings is 1. The van der Waals surface area contributed by atoms with Crippen molar-refractivity contribution in [2.75, 3.05) is 18.5 Å². The number of rotatable bonds is 10. The molecule has 1 aromatic carbocycles. The molecule has 2 aromatic rings. The van der Waals surface area contributed by atoms with Gasteiger partial charge in [-0.15, -0.1) is 22.5 Å². The molecule has 0 saturated carbocycles.